The molecule has 0 aromatic carbocycles. The number of hydrogen-bond acceptors (Lipinski definition) is 5. The normalized spacial score (nSPS) is 19.9. The van der Waals surface area contributed by atoms with E-state index in [-0.39, 0.29) is 5.91 Å². The summed E-state index contributed by atoms with van der Waals surface area (Å²) < 4.78 is 4.29. The van der Waals surface area contributed by atoms with Crippen LogP contribution in [-0.2, 0) is 25.9 Å². The summed E-state index contributed by atoms with van der Waals surface area (Å²) in [5.41, 5.74) is 0.829. The predicted molar refractivity (Wildman–Crippen MR) is 106 cm³/mol. The van der Waals surface area contributed by atoms with Crippen molar-refractivity contribution in [3.8, 4) is 0 Å². The molecular weight excluding hydrogens is 354 g/mol. The molecule has 8 nitrogen and oxygen atoms in total. The quantitative estimate of drug-likeness (QED) is 0.858. The van der Waals surface area contributed by atoms with Crippen LogP contribution < -0.4 is 5.32 Å². The van der Waals surface area contributed by atoms with Gasteiger partial charge < -0.3 is 19.4 Å². The summed E-state index contributed by atoms with van der Waals surface area (Å²) >= 11 is 0. The van der Waals surface area contributed by atoms with E-state index >= 15 is 0 Å². The molecule has 1 unspecified atom stereocenters. The smallest absolute Gasteiger partial charge is 0.271 e. The highest BCUT2D eigenvalue weighted by atomic mass is 16.1. The molecule has 0 saturated carbocycles. The van der Waals surface area contributed by atoms with Crippen LogP contribution in [-0.4, -0.2) is 61.3 Å². The Hall–Kier alpha value is -2.22. The summed E-state index contributed by atoms with van der Waals surface area (Å²) in [6.07, 6.45) is 3.67. The van der Waals surface area contributed by atoms with E-state index in [1.54, 1.807) is 0 Å². The number of nitrogens with one attached hydrogen (secondary N) is 1. The molecule has 0 saturated heterocycles. The summed E-state index contributed by atoms with van der Waals surface area (Å²) in [6, 6.07) is 0. The van der Waals surface area contributed by atoms with E-state index in [4.69, 9.17) is 0 Å². The first-order chi connectivity index (χ1) is 13.3. The molecule has 2 aromatic heterocycles. The highest BCUT2D eigenvalue weighted by Gasteiger charge is 2.26. The van der Waals surface area contributed by atoms with Crippen LogP contribution in [0.2, 0.25) is 0 Å². The van der Waals surface area contributed by atoms with Crippen LogP contribution in [0.3, 0.4) is 0 Å². The highest BCUT2D eigenvalue weighted by Crippen LogP contribution is 2.20. The number of nitrogens with zero attached hydrogens (tertiary/aromatic N) is 6. The third-order valence-electron chi connectivity index (χ3n) is 5.57. The molecule has 0 radical (unpaired) electrons. The minimum Gasteiger partial charge on any atom is -0.350 e. The zero-order valence-electron chi connectivity index (χ0n) is 17.4. The molecule has 0 fully saturated rings. The van der Waals surface area contributed by atoms with Gasteiger partial charge in [0.25, 0.3) is 5.91 Å². The van der Waals surface area contributed by atoms with Crippen molar-refractivity contribution < 1.29 is 4.79 Å². The summed E-state index contributed by atoms with van der Waals surface area (Å²) in [4.78, 5) is 19.7. The number of aromatic nitrogens is 5. The number of carbonyl (C=O) groups is 1. The molecule has 1 amide bonds. The molecule has 0 spiro atoms. The van der Waals surface area contributed by atoms with Crippen LogP contribution in [0.1, 0.15) is 48.7 Å². The first-order valence-electron chi connectivity index (χ1n) is 10.2. The number of rotatable bonds is 4. The van der Waals surface area contributed by atoms with Gasteiger partial charge in [-0.25, -0.2) is 4.98 Å². The van der Waals surface area contributed by atoms with Crippen molar-refractivity contribution in [3.63, 3.8) is 0 Å². The molecule has 1 atom stereocenters. The summed E-state index contributed by atoms with van der Waals surface area (Å²) in [5, 5.41) is 11.4. The number of carbonyl (C=O) groups excluding carboxylic acids is 1. The monoisotopic (exact) mass is 385 g/mol. The van der Waals surface area contributed by atoms with Gasteiger partial charge in [-0.15, -0.1) is 10.2 Å². The van der Waals surface area contributed by atoms with Gasteiger partial charge >= 0.3 is 0 Å². The van der Waals surface area contributed by atoms with E-state index in [9.17, 15) is 4.79 Å². The number of amides is 1. The standard InChI is InChI=1S/C20H31N7O/c1-14-23-24-18-9-15(11-27(14)18)10-21-19(28)16-12-26-8-7-25(13-20(2,3)4)6-5-17(26)22-16/h12,15H,5-11,13H2,1-4H3,(H,21,28). The lowest BCUT2D eigenvalue weighted by molar-refractivity contribution is 0.0942. The Bertz CT molecular complexity index is 835. The van der Waals surface area contributed by atoms with Crippen LogP contribution in [0.25, 0.3) is 0 Å². The fraction of sp³-hybridized carbons (Fsp3) is 0.700. The van der Waals surface area contributed by atoms with Gasteiger partial charge in [-0.1, -0.05) is 20.8 Å². The van der Waals surface area contributed by atoms with Gasteiger partial charge in [-0.3, -0.25) is 4.79 Å². The molecule has 28 heavy (non-hydrogen) atoms. The molecule has 2 aliphatic rings. The van der Waals surface area contributed by atoms with Crippen molar-refractivity contribution in [1.29, 1.82) is 0 Å². The SMILES string of the molecule is Cc1nnc2n1CC(CNC(=O)c1cn3c(n1)CCN(CC(C)(C)C)CC3)C2. The average molecular weight is 386 g/mol. The Morgan fingerprint density at radius 2 is 2.04 bits per heavy atom. The fourth-order valence-corrected chi connectivity index (χ4v) is 4.26. The zero-order valence-corrected chi connectivity index (χ0v) is 17.4. The van der Waals surface area contributed by atoms with Crippen molar-refractivity contribution in [2.45, 2.75) is 53.6 Å². The molecule has 2 aliphatic heterocycles. The van der Waals surface area contributed by atoms with E-state index in [0.717, 1.165) is 63.0 Å². The van der Waals surface area contributed by atoms with Crippen LogP contribution in [0.4, 0.5) is 0 Å². The molecule has 152 valence electrons. The van der Waals surface area contributed by atoms with Crippen molar-refractivity contribution in [3.05, 3.63) is 29.4 Å². The Morgan fingerprint density at radius 1 is 1.21 bits per heavy atom. The maximum Gasteiger partial charge on any atom is 0.271 e. The molecular formula is C20H31N7O. The van der Waals surface area contributed by atoms with Crippen molar-refractivity contribution in [1.82, 2.24) is 34.5 Å². The van der Waals surface area contributed by atoms with Gasteiger partial charge in [0, 0.05) is 64.2 Å². The van der Waals surface area contributed by atoms with Crippen LogP contribution in [0, 0.1) is 18.3 Å². The summed E-state index contributed by atoms with van der Waals surface area (Å²) in [7, 11) is 0. The maximum atomic E-state index is 12.6. The van der Waals surface area contributed by atoms with Gasteiger partial charge in [-0.05, 0) is 12.3 Å². The molecule has 8 heteroatoms. The summed E-state index contributed by atoms with van der Waals surface area (Å²) in [6.45, 7) is 14.3. The summed E-state index contributed by atoms with van der Waals surface area (Å²) in [5.74, 6) is 3.28. The fourth-order valence-electron chi connectivity index (χ4n) is 4.26. The lowest BCUT2D eigenvalue weighted by atomic mass is 9.96. The van der Waals surface area contributed by atoms with Gasteiger partial charge in [0.2, 0.25) is 0 Å². The number of fused-ring (bicyclic) bond motifs is 2. The largest absolute Gasteiger partial charge is 0.350 e. The maximum absolute atomic E-state index is 12.6. The Kier molecular flexibility index (Phi) is 4.99. The molecule has 2 aromatic rings. The van der Waals surface area contributed by atoms with Crippen molar-refractivity contribution >= 4 is 5.91 Å². The van der Waals surface area contributed by atoms with Gasteiger partial charge in [0.05, 0.1) is 0 Å². The third kappa shape index (κ3) is 4.11. The van der Waals surface area contributed by atoms with Crippen molar-refractivity contribution in [2.75, 3.05) is 26.2 Å². The van der Waals surface area contributed by atoms with E-state index < -0.39 is 0 Å². The predicted octanol–water partition coefficient (Wildman–Crippen LogP) is 1.29. The first-order valence-corrected chi connectivity index (χ1v) is 10.2. The second-order valence-corrected chi connectivity index (χ2v) is 9.38. The third-order valence-corrected chi connectivity index (χ3v) is 5.57. The molecule has 0 aliphatic carbocycles. The van der Waals surface area contributed by atoms with Crippen LogP contribution in [0.15, 0.2) is 6.20 Å². The minimum atomic E-state index is -0.0773. The van der Waals surface area contributed by atoms with Gasteiger partial charge in [-0.2, -0.15) is 0 Å². The highest BCUT2D eigenvalue weighted by molar-refractivity contribution is 5.92. The van der Waals surface area contributed by atoms with E-state index in [1.807, 2.05) is 13.1 Å². The van der Waals surface area contributed by atoms with Gasteiger partial charge in [0.15, 0.2) is 0 Å². The van der Waals surface area contributed by atoms with Gasteiger partial charge in [0.1, 0.15) is 23.2 Å². The van der Waals surface area contributed by atoms with Crippen LogP contribution >= 0.6 is 0 Å². The Balaban J connectivity index is 1.31. The Morgan fingerprint density at radius 3 is 2.79 bits per heavy atom. The van der Waals surface area contributed by atoms with E-state index in [0.29, 0.717) is 23.6 Å². The minimum absolute atomic E-state index is 0.0773. The molecule has 4 heterocycles. The second-order valence-electron chi connectivity index (χ2n) is 9.38. The average Bonchev–Trinajstić information content (AvgIpc) is 3.27. The lowest BCUT2D eigenvalue weighted by Gasteiger charge is -2.28. The second kappa shape index (κ2) is 7.31. The zero-order chi connectivity index (χ0) is 19.9. The van der Waals surface area contributed by atoms with E-state index in [2.05, 4.69) is 55.3 Å². The molecule has 4 rings (SSSR count). The molecule has 1 N–H and O–H groups in total. The Labute approximate surface area is 166 Å². The first kappa shape index (κ1) is 19.1. The topological polar surface area (TPSA) is 80.9 Å². The van der Waals surface area contributed by atoms with Crippen LogP contribution in [0.5, 0.6) is 0 Å². The lowest BCUT2D eigenvalue weighted by Crippen LogP contribution is -2.35. The number of aryl methyl sites for hydroxylation is 1. The number of imidazole rings is 1. The van der Waals surface area contributed by atoms with Crippen molar-refractivity contribution in [2.24, 2.45) is 11.3 Å². The molecule has 0 bridgehead atoms. The van der Waals surface area contributed by atoms with E-state index in [1.165, 1.54) is 0 Å². The number of hydrogen-bond donors (Lipinski definition) is 1.